The predicted octanol–water partition coefficient (Wildman–Crippen LogP) is 1.18. The van der Waals surface area contributed by atoms with Crippen LogP contribution in [0.5, 0.6) is 0 Å². The van der Waals surface area contributed by atoms with Gasteiger partial charge in [-0.1, -0.05) is 6.92 Å². The summed E-state index contributed by atoms with van der Waals surface area (Å²) in [6.45, 7) is 3.67. The van der Waals surface area contributed by atoms with Crippen molar-refractivity contribution in [2.24, 2.45) is 11.8 Å². The molecule has 1 aromatic rings. The van der Waals surface area contributed by atoms with Crippen molar-refractivity contribution >= 4 is 17.6 Å². The minimum atomic E-state index is -0.971. The molecular formula is C13H16N2O3. The molecule has 0 spiro atoms. The van der Waals surface area contributed by atoms with E-state index >= 15 is 0 Å². The van der Waals surface area contributed by atoms with Crippen LogP contribution in [0, 0.1) is 11.8 Å². The summed E-state index contributed by atoms with van der Waals surface area (Å²) in [5.74, 6) is -0.639. The van der Waals surface area contributed by atoms with Crippen molar-refractivity contribution < 1.29 is 14.7 Å². The van der Waals surface area contributed by atoms with E-state index in [1.165, 1.54) is 12.1 Å². The van der Waals surface area contributed by atoms with Gasteiger partial charge in [0.05, 0.1) is 5.56 Å². The lowest BCUT2D eigenvalue weighted by Crippen LogP contribution is -2.48. The highest BCUT2D eigenvalue weighted by Gasteiger charge is 2.28. The molecule has 1 fully saturated rings. The van der Waals surface area contributed by atoms with Gasteiger partial charge in [-0.2, -0.15) is 0 Å². The molecule has 1 amide bonds. The molecule has 1 aromatic carbocycles. The molecule has 2 rings (SSSR count). The van der Waals surface area contributed by atoms with Crippen molar-refractivity contribution in [1.29, 1.82) is 0 Å². The van der Waals surface area contributed by atoms with Crippen LogP contribution < -0.4 is 10.6 Å². The molecule has 1 atom stereocenters. The fourth-order valence-corrected chi connectivity index (χ4v) is 1.83. The first kappa shape index (κ1) is 12.6. The van der Waals surface area contributed by atoms with Gasteiger partial charge in [-0.25, -0.2) is 4.79 Å². The summed E-state index contributed by atoms with van der Waals surface area (Å²) in [6, 6.07) is 6.17. The van der Waals surface area contributed by atoms with E-state index in [0.29, 0.717) is 11.6 Å². The van der Waals surface area contributed by atoms with Gasteiger partial charge in [0, 0.05) is 11.6 Å². The second-order valence-corrected chi connectivity index (χ2v) is 4.58. The molecule has 5 heteroatoms. The third-order valence-corrected chi connectivity index (χ3v) is 3.33. The molecule has 3 N–H and O–H groups in total. The fraction of sp³-hybridized carbons (Fsp3) is 0.385. The smallest absolute Gasteiger partial charge is 0.335 e. The highest BCUT2D eigenvalue weighted by atomic mass is 16.4. The lowest BCUT2D eigenvalue weighted by molar-refractivity contribution is -0.121. The lowest BCUT2D eigenvalue weighted by atomic mass is 9.88. The Bertz CT molecular complexity index is 452. The second kappa shape index (κ2) is 5.18. The van der Waals surface area contributed by atoms with Crippen molar-refractivity contribution in [3.8, 4) is 0 Å². The molecular weight excluding hydrogens is 232 g/mol. The standard InChI is InChI=1S/C13H16N2O3/c1-8(10-6-14-7-10)12(16)15-11-4-2-9(3-5-11)13(17)18/h2-5,8,10,14H,6-7H2,1H3,(H,15,16)(H,17,18). The molecule has 1 unspecified atom stereocenters. The minimum absolute atomic E-state index is 0.0235. The minimum Gasteiger partial charge on any atom is -0.478 e. The zero-order chi connectivity index (χ0) is 13.1. The van der Waals surface area contributed by atoms with Gasteiger partial charge in [-0.3, -0.25) is 4.79 Å². The molecule has 1 aliphatic rings. The number of benzene rings is 1. The number of nitrogens with one attached hydrogen (secondary N) is 2. The summed E-state index contributed by atoms with van der Waals surface area (Å²) in [4.78, 5) is 22.6. The van der Waals surface area contributed by atoms with Crippen molar-refractivity contribution in [2.45, 2.75) is 6.92 Å². The number of aromatic carboxylic acids is 1. The van der Waals surface area contributed by atoms with Gasteiger partial charge in [0.25, 0.3) is 0 Å². The summed E-state index contributed by atoms with van der Waals surface area (Å²) in [5, 5.41) is 14.7. The molecule has 1 aliphatic heterocycles. The first-order valence-electron chi connectivity index (χ1n) is 5.93. The van der Waals surface area contributed by atoms with E-state index < -0.39 is 5.97 Å². The summed E-state index contributed by atoms with van der Waals surface area (Å²) in [7, 11) is 0. The van der Waals surface area contributed by atoms with Crippen LogP contribution in [0.1, 0.15) is 17.3 Å². The van der Waals surface area contributed by atoms with Crippen molar-refractivity contribution in [1.82, 2.24) is 5.32 Å². The van der Waals surface area contributed by atoms with E-state index in [2.05, 4.69) is 10.6 Å². The molecule has 18 heavy (non-hydrogen) atoms. The molecule has 0 saturated carbocycles. The van der Waals surface area contributed by atoms with E-state index in [4.69, 9.17) is 5.11 Å². The predicted molar refractivity (Wildman–Crippen MR) is 67.6 cm³/mol. The zero-order valence-electron chi connectivity index (χ0n) is 10.1. The largest absolute Gasteiger partial charge is 0.478 e. The second-order valence-electron chi connectivity index (χ2n) is 4.58. The van der Waals surface area contributed by atoms with E-state index in [1.807, 2.05) is 6.92 Å². The number of anilines is 1. The zero-order valence-corrected chi connectivity index (χ0v) is 10.1. The first-order valence-corrected chi connectivity index (χ1v) is 5.93. The van der Waals surface area contributed by atoms with Crippen LogP contribution in [0.4, 0.5) is 5.69 Å². The Morgan fingerprint density at radius 2 is 1.94 bits per heavy atom. The maximum absolute atomic E-state index is 11.9. The topological polar surface area (TPSA) is 78.4 Å². The van der Waals surface area contributed by atoms with Crippen molar-refractivity contribution in [2.75, 3.05) is 18.4 Å². The van der Waals surface area contributed by atoms with Crippen LogP contribution in [0.2, 0.25) is 0 Å². The van der Waals surface area contributed by atoms with Crippen LogP contribution in [0.25, 0.3) is 0 Å². The monoisotopic (exact) mass is 248 g/mol. The Hall–Kier alpha value is -1.88. The number of rotatable bonds is 4. The third-order valence-electron chi connectivity index (χ3n) is 3.33. The number of carboxylic acids is 1. The maximum Gasteiger partial charge on any atom is 0.335 e. The third kappa shape index (κ3) is 2.68. The quantitative estimate of drug-likeness (QED) is 0.747. The molecule has 0 radical (unpaired) electrons. The Kier molecular flexibility index (Phi) is 3.62. The molecule has 0 bridgehead atoms. The Morgan fingerprint density at radius 3 is 2.39 bits per heavy atom. The van der Waals surface area contributed by atoms with E-state index in [-0.39, 0.29) is 17.4 Å². The SMILES string of the molecule is CC(C(=O)Nc1ccc(C(=O)O)cc1)C1CNC1. The molecule has 1 heterocycles. The van der Waals surface area contributed by atoms with Gasteiger partial charge in [0.1, 0.15) is 0 Å². The van der Waals surface area contributed by atoms with Crippen molar-refractivity contribution in [3.05, 3.63) is 29.8 Å². The van der Waals surface area contributed by atoms with Gasteiger partial charge >= 0.3 is 5.97 Å². The van der Waals surface area contributed by atoms with Crippen LogP contribution in [0.3, 0.4) is 0 Å². The first-order chi connectivity index (χ1) is 8.58. The highest BCUT2D eigenvalue weighted by molar-refractivity contribution is 5.93. The molecule has 96 valence electrons. The highest BCUT2D eigenvalue weighted by Crippen LogP contribution is 2.18. The van der Waals surface area contributed by atoms with E-state index in [9.17, 15) is 9.59 Å². The van der Waals surface area contributed by atoms with Gasteiger partial charge in [0.15, 0.2) is 0 Å². The van der Waals surface area contributed by atoms with Gasteiger partial charge in [-0.05, 0) is 43.3 Å². The Morgan fingerprint density at radius 1 is 1.33 bits per heavy atom. The van der Waals surface area contributed by atoms with Crippen LogP contribution >= 0.6 is 0 Å². The number of carboxylic acid groups (broad SMARTS) is 1. The average Bonchev–Trinajstić information content (AvgIpc) is 2.27. The van der Waals surface area contributed by atoms with Crippen LogP contribution in [-0.2, 0) is 4.79 Å². The van der Waals surface area contributed by atoms with Gasteiger partial charge in [-0.15, -0.1) is 0 Å². The maximum atomic E-state index is 11.9. The molecule has 1 saturated heterocycles. The number of hydrogen-bond donors (Lipinski definition) is 3. The van der Waals surface area contributed by atoms with E-state index in [0.717, 1.165) is 13.1 Å². The lowest BCUT2D eigenvalue weighted by Gasteiger charge is -2.31. The number of carbonyl (C=O) groups excluding carboxylic acids is 1. The Labute approximate surface area is 105 Å². The van der Waals surface area contributed by atoms with Gasteiger partial charge < -0.3 is 15.7 Å². The van der Waals surface area contributed by atoms with Crippen LogP contribution in [-0.4, -0.2) is 30.1 Å². The summed E-state index contributed by atoms with van der Waals surface area (Å²) >= 11 is 0. The summed E-state index contributed by atoms with van der Waals surface area (Å²) < 4.78 is 0. The Balaban J connectivity index is 1.96. The van der Waals surface area contributed by atoms with Crippen LogP contribution in [0.15, 0.2) is 24.3 Å². The number of hydrogen-bond acceptors (Lipinski definition) is 3. The van der Waals surface area contributed by atoms with E-state index in [1.54, 1.807) is 12.1 Å². The fourth-order valence-electron chi connectivity index (χ4n) is 1.83. The number of amides is 1. The van der Waals surface area contributed by atoms with Gasteiger partial charge in [0.2, 0.25) is 5.91 Å². The average molecular weight is 248 g/mol. The molecule has 0 aliphatic carbocycles. The molecule has 5 nitrogen and oxygen atoms in total. The number of carbonyl (C=O) groups is 2. The van der Waals surface area contributed by atoms with Crippen molar-refractivity contribution in [3.63, 3.8) is 0 Å². The molecule has 0 aromatic heterocycles. The summed E-state index contributed by atoms with van der Waals surface area (Å²) in [6.07, 6.45) is 0. The normalized spacial score (nSPS) is 16.7. The summed E-state index contributed by atoms with van der Waals surface area (Å²) in [5.41, 5.74) is 0.841.